The Kier molecular flexibility index (Phi) is 5.88. The minimum atomic E-state index is -3.70. The summed E-state index contributed by atoms with van der Waals surface area (Å²) >= 11 is 0. The highest BCUT2D eigenvalue weighted by atomic mass is 32.2. The van der Waals surface area contributed by atoms with Gasteiger partial charge in [-0.25, -0.2) is 22.9 Å². The van der Waals surface area contributed by atoms with Crippen molar-refractivity contribution in [2.45, 2.75) is 11.8 Å². The Hall–Kier alpha value is -2.45. The molecule has 0 saturated heterocycles. The van der Waals surface area contributed by atoms with Crippen LogP contribution in [0.2, 0.25) is 0 Å². The first kappa shape index (κ1) is 17.9. The van der Waals surface area contributed by atoms with Crippen LogP contribution in [0.5, 0.6) is 0 Å². The number of nitrogens with zero attached hydrogens (tertiary/aromatic N) is 1. The number of nitrogens with one attached hydrogen (secondary N) is 2. The van der Waals surface area contributed by atoms with Gasteiger partial charge in [0, 0.05) is 19.3 Å². The Bertz CT molecular complexity index is 804. The molecule has 24 heavy (non-hydrogen) atoms. The van der Waals surface area contributed by atoms with E-state index in [1.807, 2.05) is 19.1 Å². The molecule has 128 valence electrons. The van der Waals surface area contributed by atoms with E-state index in [4.69, 9.17) is 0 Å². The highest BCUT2D eigenvalue weighted by molar-refractivity contribution is 7.89. The largest absolute Gasteiger partial charge is 0.465 e. The third kappa shape index (κ3) is 4.77. The summed E-state index contributed by atoms with van der Waals surface area (Å²) in [6.45, 7) is 2.50. The van der Waals surface area contributed by atoms with E-state index in [2.05, 4.69) is 19.8 Å². The molecular weight excluding hydrogens is 330 g/mol. The average Bonchev–Trinajstić information content (AvgIpc) is 2.59. The Balaban J connectivity index is 1.93. The predicted molar refractivity (Wildman–Crippen MR) is 90.4 cm³/mol. The number of carbonyl (C=O) groups is 1. The van der Waals surface area contributed by atoms with Gasteiger partial charge in [-0.05, 0) is 36.8 Å². The number of hydrogen-bond donors (Lipinski definition) is 2. The molecule has 0 unspecified atom stereocenters. The lowest BCUT2D eigenvalue weighted by Gasteiger charge is -2.09. The monoisotopic (exact) mass is 349 g/mol. The van der Waals surface area contributed by atoms with Crippen LogP contribution in [-0.2, 0) is 14.8 Å². The van der Waals surface area contributed by atoms with Crippen LogP contribution in [0.1, 0.15) is 15.9 Å². The van der Waals surface area contributed by atoms with Gasteiger partial charge in [0.15, 0.2) is 0 Å². The van der Waals surface area contributed by atoms with Gasteiger partial charge in [-0.2, -0.15) is 0 Å². The fourth-order valence-corrected chi connectivity index (χ4v) is 3.02. The molecule has 2 N–H and O–H groups in total. The van der Waals surface area contributed by atoms with Crippen LogP contribution in [0.25, 0.3) is 0 Å². The summed E-state index contributed by atoms with van der Waals surface area (Å²) in [4.78, 5) is 15.7. The molecule has 0 radical (unpaired) electrons. The predicted octanol–water partition coefficient (Wildman–Crippen LogP) is 1.57. The number of anilines is 1. The molecule has 0 aliphatic rings. The van der Waals surface area contributed by atoms with Crippen LogP contribution in [-0.4, -0.2) is 39.6 Å². The molecule has 8 heteroatoms. The molecule has 0 bridgehead atoms. The SMILES string of the molecule is COC(=O)c1cccc(S(=O)(=O)NCCNc2ccc(C)cn2)c1. The number of rotatable bonds is 7. The average molecular weight is 349 g/mol. The first-order valence-corrected chi connectivity index (χ1v) is 8.75. The summed E-state index contributed by atoms with van der Waals surface area (Å²) in [5.74, 6) is 0.0895. The van der Waals surface area contributed by atoms with Gasteiger partial charge in [0.2, 0.25) is 10.0 Å². The Morgan fingerprint density at radius 1 is 1.21 bits per heavy atom. The lowest BCUT2D eigenvalue weighted by Crippen LogP contribution is -2.29. The van der Waals surface area contributed by atoms with Crippen LogP contribution in [0, 0.1) is 6.92 Å². The van der Waals surface area contributed by atoms with Crippen molar-refractivity contribution in [2.75, 3.05) is 25.5 Å². The summed E-state index contributed by atoms with van der Waals surface area (Å²) in [6.07, 6.45) is 1.73. The number of esters is 1. The van der Waals surface area contributed by atoms with Crippen molar-refractivity contribution < 1.29 is 17.9 Å². The second kappa shape index (κ2) is 7.89. The maximum Gasteiger partial charge on any atom is 0.337 e. The van der Waals surface area contributed by atoms with Gasteiger partial charge >= 0.3 is 5.97 Å². The molecule has 1 aromatic heterocycles. The third-order valence-corrected chi connectivity index (χ3v) is 4.66. The third-order valence-electron chi connectivity index (χ3n) is 3.20. The number of benzene rings is 1. The van der Waals surface area contributed by atoms with Crippen LogP contribution in [0.4, 0.5) is 5.82 Å². The molecule has 7 nitrogen and oxygen atoms in total. The Morgan fingerprint density at radius 3 is 2.67 bits per heavy atom. The minimum absolute atomic E-state index is 0.0128. The summed E-state index contributed by atoms with van der Waals surface area (Å²) in [5, 5.41) is 3.02. The number of methoxy groups -OCH3 is 1. The Morgan fingerprint density at radius 2 is 2.00 bits per heavy atom. The van der Waals surface area contributed by atoms with Gasteiger partial charge in [0.25, 0.3) is 0 Å². The lowest BCUT2D eigenvalue weighted by molar-refractivity contribution is 0.0600. The van der Waals surface area contributed by atoms with E-state index >= 15 is 0 Å². The summed E-state index contributed by atoms with van der Waals surface area (Å²) in [7, 11) is -2.46. The van der Waals surface area contributed by atoms with E-state index in [-0.39, 0.29) is 17.0 Å². The molecule has 0 spiro atoms. The fourth-order valence-electron chi connectivity index (χ4n) is 1.94. The maximum absolute atomic E-state index is 12.2. The number of carbonyl (C=O) groups excluding carboxylic acids is 1. The normalized spacial score (nSPS) is 11.1. The van der Waals surface area contributed by atoms with Crippen molar-refractivity contribution in [3.05, 3.63) is 53.7 Å². The molecule has 0 atom stereocenters. The molecular formula is C16H19N3O4S. The van der Waals surface area contributed by atoms with Crippen molar-refractivity contribution in [3.63, 3.8) is 0 Å². The quantitative estimate of drug-likeness (QED) is 0.582. The van der Waals surface area contributed by atoms with Crippen LogP contribution >= 0.6 is 0 Å². The second-order valence-corrected chi connectivity index (χ2v) is 6.83. The summed E-state index contributed by atoms with van der Waals surface area (Å²) < 4.78 is 31.5. The number of ether oxygens (including phenoxy) is 1. The van der Waals surface area contributed by atoms with Crippen LogP contribution < -0.4 is 10.0 Å². The van der Waals surface area contributed by atoms with Crippen LogP contribution in [0.3, 0.4) is 0 Å². The smallest absolute Gasteiger partial charge is 0.337 e. The van der Waals surface area contributed by atoms with Crippen molar-refractivity contribution in [1.29, 1.82) is 0 Å². The first-order chi connectivity index (χ1) is 11.4. The number of hydrogen-bond acceptors (Lipinski definition) is 6. The molecule has 0 fully saturated rings. The highest BCUT2D eigenvalue weighted by Gasteiger charge is 2.15. The zero-order chi connectivity index (χ0) is 17.6. The van der Waals surface area contributed by atoms with Gasteiger partial charge in [0.1, 0.15) is 5.82 Å². The molecule has 0 aliphatic heterocycles. The fraction of sp³-hybridized carbons (Fsp3) is 0.250. The van der Waals surface area contributed by atoms with E-state index in [1.165, 1.54) is 31.4 Å². The standard InChI is InChI=1S/C16H19N3O4S/c1-12-6-7-15(18-11-12)17-8-9-19-24(21,22)14-5-3-4-13(10-14)16(20)23-2/h3-7,10-11,19H,8-9H2,1-2H3,(H,17,18). The molecule has 0 aliphatic carbocycles. The molecule has 0 saturated carbocycles. The molecule has 2 aromatic rings. The number of pyridine rings is 1. The molecule has 2 rings (SSSR count). The highest BCUT2D eigenvalue weighted by Crippen LogP contribution is 2.12. The van der Waals surface area contributed by atoms with E-state index in [9.17, 15) is 13.2 Å². The lowest BCUT2D eigenvalue weighted by atomic mass is 10.2. The zero-order valence-corrected chi connectivity index (χ0v) is 14.3. The number of sulfonamides is 1. The second-order valence-electron chi connectivity index (χ2n) is 5.06. The van der Waals surface area contributed by atoms with Gasteiger partial charge in [-0.1, -0.05) is 12.1 Å². The van der Waals surface area contributed by atoms with Crippen LogP contribution in [0.15, 0.2) is 47.5 Å². The maximum atomic E-state index is 12.2. The van der Waals surface area contributed by atoms with Crippen molar-refractivity contribution in [3.8, 4) is 0 Å². The minimum Gasteiger partial charge on any atom is -0.465 e. The molecule has 1 aromatic carbocycles. The van der Waals surface area contributed by atoms with E-state index in [1.54, 1.807) is 6.20 Å². The van der Waals surface area contributed by atoms with E-state index in [0.717, 1.165) is 5.56 Å². The molecule has 0 amide bonds. The first-order valence-electron chi connectivity index (χ1n) is 7.27. The van der Waals surface area contributed by atoms with Gasteiger partial charge in [0.05, 0.1) is 17.6 Å². The topological polar surface area (TPSA) is 97.4 Å². The van der Waals surface area contributed by atoms with Crippen molar-refractivity contribution >= 4 is 21.8 Å². The van der Waals surface area contributed by atoms with Crippen molar-refractivity contribution in [2.24, 2.45) is 0 Å². The number of aryl methyl sites for hydroxylation is 1. The molecule has 1 heterocycles. The zero-order valence-electron chi connectivity index (χ0n) is 13.4. The van der Waals surface area contributed by atoms with E-state index in [0.29, 0.717) is 12.4 Å². The summed E-state index contributed by atoms with van der Waals surface area (Å²) in [6, 6.07) is 9.43. The van der Waals surface area contributed by atoms with Gasteiger partial charge < -0.3 is 10.1 Å². The van der Waals surface area contributed by atoms with Gasteiger partial charge in [-0.3, -0.25) is 0 Å². The Labute approximate surface area is 141 Å². The van der Waals surface area contributed by atoms with E-state index < -0.39 is 16.0 Å². The van der Waals surface area contributed by atoms with Gasteiger partial charge in [-0.15, -0.1) is 0 Å². The van der Waals surface area contributed by atoms with Crippen molar-refractivity contribution in [1.82, 2.24) is 9.71 Å². The summed E-state index contributed by atoms with van der Waals surface area (Å²) in [5.41, 5.74) is 1.23. The number of aromatic nitrogens is 1.